The van der Waals surface area contributed by atoms with Gasteiger partial charge in [0.2, 0.25) is 0 Å². The molecule has 1 saturated heterocycles. The van der Waals surface area contributed by atoms with E-state index in [4.69, 9.17) is 4.74 Å². The first-order valence-electron chi connectivity index (χ1n) is 6.68. The summed E-state index contributed by atoms with van der Waals surface area (Å²) in [5.41, 5.74) is 0. The molecule has 0 aromatic rings. The van der Waals surface area contributed by atoms with Crippen LogP contribution in [0.3, 0.4) is 0 Å². The van der Waals surface area contributed by atoms with Crippen LogP contribution in [0, 0.1) is 17.8 Å². The molecular formula is C13H20F3O2. The van der Waals surface area contributed by atoms with Gasteiger partial charge in [-0.2, -0.15) is 13.2 Å². The minimum Gasteiger partial charge on any atom is -0.392 e. The van der Waals surface area contributed by atoms with Crippen molar-refractivity contribution in [3.63, 3.8) is 0 Å². The van der Waals surface area contributed by atoms with E-state index < -0.39 is 18.2 Å². The molecule has 2 rings (SSSR count). The van der Waals surface area contributed by atoms with Gasteiger partial charge in [0.05, 0.1) is 18.6 Å². The van der Waals surface area contributed by atoms with Gasteiger partial charge < -0.3 is 9.84 Å². The molecule has 0 bridgehead atoms. The highest BCUT2D eigenvalue weighted by atomic mass is 19.4. The van der Waals surface area contributed by atoms with E-state index in [1.165, 1.54) is 0 Å². The number of halogens is 3. The Kier molecular flexibility index (Phi) is 4.54. The van der Waals surface area contributed by atoms with Crippen LogP contribution in [0.15, 0.2) is 0 Å². The Bertz CT molecular complexity index is 261. The molecule has 1 radical (unpaired) electrons. The number of hydrogen-bond acceptors (Lipinski definition) is 2. The first kappa shape index (κ1) is 14.1. The van der Waals surface area contributed by atoms with Crippen LogP contribution in [-0.2, 0) is 4.74 Å². The maximum atomic E-state index is 12.9. The Hall–Kier alpha value is -0.290. The summed E-state index contributed by atoms with van der Waals surface area (Å²) in [5, 5.41) is 10.2. The lowest BCUT2D eigenvalue weighted by atomic mass is 9.74. The summed E-state index contributed by atoms with van der Waals surface area (Å²) >= 11 is 0. The fourth-order valence-electron chi connectivity index (χ4n) is 3.08. The summed E-state index contributed by atoms with van der Waals surface area (Å²) in [6.45, 7) is -0.0334. The van der Waals surface area contributed by atoms with Crippen LogP contribution >= 0.6 is 0 Å². The van der Waals surface area contributed by atoms with Crippen molar-refractivity contribution in [1.29, 1.82) is 0 Å². The highest BCUT2D eigenvalue weighted by Crippen LogP contribution is 2.43. The number of hydrogen-bond donors (Lipinski definition) is 1. The third-order valence-electron chi connectivity index (χ3n) is 4.14. The van der Waals surface area contributed by atoms with Gasteiger partial charge in [-0.3, -0.25) is 0 Å². The van der Waals surface area contributed by atoms with E-state index in [1.54, 1.807) is 0 Å². The van der Waals surface area contributed by atoms with Crippen molar-refractivity contribution in [2.45, 2.75) is 50.8 Å². The summed E-state index contributed by atoms with van der Waals surface area (Å²) < 4.78 is 43.6. The van der Waals surface area contributed by atoms with E-state index in [2.05, 4.69) is 0 Å². The summed E-state index contributed by atoms with van der Waals surface area (Å²) in [7, 11) is 0. The van der Waals surface area contributed by atoms with Gasteiger partial charge in [0, 0.05) is 12.5 Å². The number of ether oxygens (including phenoxy) is 1. The lowest BCUT2D eigenvalue weighted by Gasteiger charge is -2.39. The molecule has 0 spiro atoms. The molecule has 1 aliphatic carbocycles. The molecule has 1 aliphatic heterocycles. The van der Waals surface area contributed by atoms with Gasteiger partial charge in [0.25, 0.3) is 0 Å². The summed E-state index contributed by atoms with van der Waals surface area (Å²) in [6.07, 6.45) is -0.116. The first-order valence-corrected chi connectivity index (χ1v) is 6.68. The SMILES string of the molecule is OC([C]1CCOC[C@@H]1C(F)(F)F)C1CCCCC1. The van der Waals surface area contributed by atoms with Gasteiger partial charge in [-0.25, -0.2) is 0 Å². The zero-order valence-electron chi connectivity index (χ0n) is 10.4. The Morgan fingerprint density at radius 1 is 1.17 bits per heavy atom. The average Bonchev–Trinajstić information content (AvgIpc) is 2.38. The molecule has 1 heterocycles. The average molecular weight is 265 g/mol. The smallest absolute Gasteiger partial charge is 0.392 e. The van der Waals surface area contributed by atoms with Gasteiger partial charge in [-0.15, -0.1) is 0 Å². The maximum Gasteiger partial charge on any atom is 0.394 e. The molecular weight excluding hydrogens is 245 g/mol. The van der Waals surface area contributed by atoms with E-state index in [1.807, 2.05) is 0 Å². The number of aliphatic hydroxyl groups excluding tert-OH is 1. The van der Waals surface area contributed by atoms with Crippen molar-refractivity contribution in [2.75, 3.05) is 13.2 Å². The zero-order chi connectivity index (χ0) is 13.2. The highest BCUT2D eigenvalue weighted by molar-refractivity contribution is 5.09. The lowest BCUT2D eigenvalue weighted by molar-refractivity contribution is -0.199. The van der Waals surface area contributed by atoms with Crippen molar-refractivity contribution in [3.8, 4) is 0 Å². The molecule has 2 aliphatic rings. The van der Waals surface area contributed by atoms with Crippen LogP contribution in [0.4, 0.5) is 13.2 Å². The van der Waals surface area contributed by atoms with Crippen molar-refractivity contribution in [3.05, 3.63) is 5.92 Å². The molecule has 2 atom stereocenters. The topological polar surface area (TPSA) is 29.5 Å². The number of rotatable bonds is 2. The fraction of sp³-hybridized carbons (Fsp3) is 0.923. The fourth-order valence-corrected chi connectivity index (χ4v) is 3.08. The van der Waals surface area contributed by atoms with Crippen molar-refractivity contribution < 1.29 is 23.0 Å². The van der Waals surface area contributed by atoms with Crippen LogP contribution < -0.4 is 0 Å². The lowest BCUT2D eigenvalue weighted by Crippen LogP contribution is -2.44. The van der Waals surface area contributed by atoms with Crippen molar-refractivity contribution >= 4 is 0 Å². The molecule has 5 heteroatoms. The molecule has 105 valence electrons. The molecule has 2 nitrogen and oxygen atoms in total. The molecule has 2 fully saturated rings. The van der Waals surface area contributed by atoms with Crippen LogP contribution in [0.2, 0.25) is 0 Å². The highest BCUT2D eigenvalue weighted by Gasteiger charge is 2.50. The summed E-state index contributed by atoms with van der Waals surface area (Å²) in [6, 6.07) is 0. The normalized spacial score (nSPS) is 30.3. The van der Waals surface area contributed by atoms with Crippen molar-refractivity contribution in [2.24, 2.45) is 11.8 Å². The number of aliphatic hydroxyl groups is 1. The number of alkyl halides is 3. The van der Waals surface area contributed by atoms with Crippen LogP contribution in [0.5, 0.6) is 0 Å². The van der Waals surface area contributed by atoms with Crippen LogP contribution in [0.1, 0.15) is 38.5 Å². The standard InChI is InChI=1S/C13H20F3O2/c14-13(15,16)11-8-18-7-6-10(11)12(17)9-4-2-1-3-5-9/h9,11-12,17H,1-8H2/t11-,12?/m0/s1. The Balaban J connectivity index is 2.03. The third-order valence-corrected chi connectivity index (χ3v) is 4.14. The maximum absolute atomic E-state index is 12.9. The van der Waals surface area contributed by atoms with Gasteiger partial charge in [-0.05, 0) is 25.2 Å². The Morgan fingerprint density at radius 3 is 2.44 bits per heavy atom. The summed E-state index contributed by atoms with van der Waals surface area (Å²) in [4.78, 5) is 0. The minimum absolute atomic E-state index is 0.0108. The summed E-state index contributed by atoms with van der Waals surface area (Å²) in [5.74, 6) is -1.32. The second kappa shape index (κ2) is 5.78. The third kappa shape index (κ3) is 3.18. The van der Waals surface area contributed by atoms with Crippen LogP contribution in [0.25, 0.3) is 0 Å². The van der Waals surface area contributed by atoms with Crippen molar-refractivity contribution in [1.82, 2.24) is 0 Å². The molecule has 0 amide bonds. The Morgan fingerprint density at radius 2 is 1.83 bits per heavy atom. The van der Waals surface area contributed by atoms with Gasteiger partial charge >= 0.3 is 6.18 Å². The van der Waals surface area contributed by atoms with E-state index in [-0.39, 0.29) is 24.9 Å². The van der Waals surface area contributed by atoms with Crippen LogP contribution in [-0.4, -0.2) is 30.6 Å². The molecule has 1 unspecified atom stereocenters. The Labute approximate surface area is 106 Å². The second-order valence-electron chi connectivity index (χ2n) is 5.34. The predicted octanol–water partition coefficient (Wildman–Crippen LogP) is 3.10. The minimum atomic E-state index is -4.30. The zero-order valence-corrected chi connectivity index (χ0v) is 10.4. The van der Waals surface area contributed by atoms with E-state index in [0.717, 1.165) is 32.1 Å². The molecule has 1 N–H and O–H groups in total. The van der Waals surface area contributed by atoms with Gasteiger partial charge in [-0.1, -0.05) is 19.3 Å². The first-order chi connectivity index (χ1) is 8.50. The second-order valence-corrected chi connectivity index (χ2v) is 5.34. The molecule has 0 aromatic carbocycles. The molecule has 18 heavy (non-hydrogen) atoms. The van der Waals surface area contributed by atoms with Gasteiger partial charge in [0.15, 0.2) is 0 Å². The predicted molar refractivity (Wildman–Crippen MR) is 60.8 cm³/mol. The van der Waals surface area contributed by atoms with E-state index >= 15 is 0 Å². The quantitative estimate of drug-likeness (QED) is 0.831. The van der Waals surface area contributed by atoms with E-state index in [0.29, 0.717) is 6.61 Å². The van der Waals surface area contributed by atoms with Gasteiger partial charge in [0.1, 0.15) is 0 Å². The molecule has 0 aromatic heterocycles. The molecule has 1 saturated carbocycles. The largest absolute Gasteiger partial charge is 0.394 e. The monoisotopic (exact) mass is 265 g/mol. The van der Waals surface area contributed by atoms with E-state index in [9.17, 15) is 18.3 Å².